The van der Waals surface area contributed by atoms with Crippen LogP contribution in [-0.2, 0) is 0 Å². The molecule has 0 fully saturated rings. The van der Waals surface area contributed by atoms with Gasteiger partial charge < -0.3 is 5.32 Å². The summed E-state index contributed by atoms with van der Waals surface area (Å²) < 4.78 is 1.34. The summed E-state index contributed by atoms with van der Waals surface area (Å²) in [5.74, 6) is 1.52. The highest BCUT2D eigenvalue weighted by molar-refractivity contribution is 14.1. The van der Waals surface area contributed by atoms with Gasteiger partial charge >= 0.3 is 0 Å². The van der Waals surface area contributed by atoms with Gasteiger partial charge in [0.15, 0.2) is 0 Å². The molecule has 1 N–H and O–H groups in total. The van der Waals surface area contributed by atoms with Crippen LogP contribution >= 0.6 is 22.6 Å². The van der Waals surface area contributed by atoms with Crippen LogP contribution in [0.3, 0.4) is 0 Å². The second-order valence-corrected chi connectivity index (χ2v) is 6.80. The third-order valence-corrected chi connectivity index (χ3v) is 4.81. The summed E-state index contributed by atoms with van der Waals surface area (Å²) in [5.41, 5.74) is 4.16. The van der Waals surface area contributed by atoms with Gasteiger partial charge in [0.1, 0.15) is 0 Å². The zero-order chi connectivity index (χ0) is 13.1. The number of benzene rings is 1. The lowest BCUT2D eigenvalue weighted by Crippen LogP contribution is -2.20. The van der Waals surface area contributed by atoms with E-state index < -0.39 is 0 Å². The molecule has 0 saturated heterocycles. The highest BCUT2D eigenvalue weighted by atomic mass is 127. The van der Waals surface area contributed by atoms with E-state index in [9.17, 15) is 0 Å². The van der Waals surface area contributed by atoms with Gasteiger partial charge in [-0.05, 0) is 78.8 Å². The van der Waals surface area contributed by atoms with Gasteiger partial charge in [0.2, 0.25) is 0 Å². The first kappa shape index (κ1) is 13.9. The average Bonchev–Trinajstić information content (AvgIpc) is 2.29. The Morgan fingerprint density at radius 1 is 1.33 bits per heavy atom. The molecule has 0 radical (unpaired) electrons. The molecule has 0 saturated carbocycles. The van der Waals surface area contributed by atoms with E-state index >= 15 is 0 Å². The molecule has 0 aromatic heterocycles. The molecule has 1 aromatic rings. The molecule has 0 aliphatic heterocycles. The molecule has 0 bridgehead atoms. The van der Waals surface area contributed by atoms with Gasteiger partial charge in [0.05, 0.1) is 0 Å². The monoisotopic (exact) mass is 355 g/mol. The van der Waals surface area contributed by atoms with Crippen molar-refractivity contribution in [3.63, 3.8) is 0 Å². The summed E-state index contributed by atoms with van der Waals surface area (Å²) in [6.07, 6.45) is 4.99. The van der Waals surface area contributed by atoms with Crippen LogP contribution in [0.5, 0.6) is 0 Å². The van der Waals surface area contributed by atoms with Crippen molar-refractivity contribution in [2.75, 3.05) is 11.9 Å². The topological polar surface area (TPSA) is 12.0 Å². The molecule has 2 rings (SSSR count). The molecule has 1 aromatic carbocycles. The summed E-state index contributed by atoms with van der Waals surface area (Å²) in [4.78, 5) is 0. The van der Waals surface area contributed by atoms with Gasteiger partial charge in [-0.25, -0.2) is 0 Å². The predicted molar refractivity (Wildman–Crippen MR) is 88.0 cm³/mol. The number of halogens is 1. The molecule has 2 atom stereocenters. The second-order valence-electron chi connectivity index (χ2n) is 5.64. The normalized spacial score (nSPS) is 23.7. The first-order valence-electron chi connectivity index (χ1n) is 6.72. The molecule has 98 valence electrons. The van der Waals surface area contributed by atoms with Crippen molar-refractivity contribution in [2.24, 2.45) is 11.8 Å². The molecular formula is C16H22IN. The van der Waals surface area contributed by atoms with Crippen molar-refractivity contribution in [2.45, 2.75) is 33.6 Å². The molecule has 0 amide bonds. The van der Waals surface area contributed by atoms with E-state index in [-0.39, 0.29) is 0 Å². The molecule has 0 heterocycles. The van der Waals surface area contributed by atoms with E-state index in [1.807, 2.05) is 0 Å². The lowest BCUT2D eigenvalue weighted by molar-refractivity contribution is 0.421. The summed E-state index contributed by atoms with van der Waals surface area (Å²) in [5, 5.41) is 3.59. The minimum Gasteiger partial charge on any atom is -0.385 e. The van der Waals surface area contributed by atoms with Gasteiger partial charge in [-0.15, -0.1) is 0 Å². The Bertz CT molecular complexity index is 450. The highest BCUT2D eigenvalue weighted by Crippen LogP contribution is 2.28. The highest BCUT2D eigenvalue weighted by Gasteiger charge is 2.17. The van der Waals surface area contributed by atoms with Gasteiger partial charge in [0, 0.05) is 15.8 Å². The number of anilines is 1. The maximum atomic E-state index is 3.59. The molecule has 2 heteroatoms. The first-order valence-corrected chi connectivity index (χ1v) is 7.80. The van der Waals surface area contributed by atoms with Crippen LogP contribution in [0, 0.1) is 22.3 Å². The predicted octanol–water partition coefficient (Wildman–Crippen LogP) is 5.00. The minimum absolute atomic E-state index is 0.740. The molecule has 0 spiro atoms. The van der Waals surface area contributed by atoms with Crippen LogP contribution in [0.1, 0.15) is 32.3 Å². The van der Waals surface area contributed by atoms with E-state index in [0.29, 0.717) is 0 Å². The smallest absolute Gasteiger partial charge is 0.0351 e. The van der Waals surface area contributed by atoms with E-state index in [0.717, 1.165) is 18.4 Å². The fourth-order valence-corrected chi connectivity index (χ4v) is 3.32. The summed E-state index contributed by atoms with van der Waals surface area (Å²) >= 11 is 2.40. The number of aryl methyl sites for hydroxylation is 1. The fraction of sp³-hybridized carbons (Fsp3) is 0.500. The Hall–Kier alpha value is -0.510. The molecular weight excluding hydrogens is 333 g/mol. The SMILES string of the molecule is CC1=CC(C)CC(CNc2ccc(C)c(I)c2)C1. The van der Waals surface area contributed by atoms with Crippen molar-refractivity contribution in [1.82, 2.24) is 0 Å². The standard InChI is InChI=1S/C16H22IN/c1-11-6-12(2)8-14(7-11)10-18-15-5-4-13(3)16(17)9-15/h4-6,9,11,14,18H,7-8,10H2,1-3H3. The third-order valence-electron chi connectivity index (χ3n) is 3.65. The number of allylic oxidation sites excluding steroid dienone is 2. The Labute approximate surface area is 124 Å². The minimum atomic E-state index is 0.740. The Morgan fingerprint density at radius 2 is 2.11 bits per heavy atom. The van der Waals surface area contributed by atoms with Crippen molar-refractivity contribution < 1.29 is 0 Å². The van der Waals surface area contributed by atoms with E-state index in [1.54, 1.807) is 5.57 Å². The molecule has 1 nitrogen and oxygen atoms in total. The van der Waals surface area contributed by atoms with Crippen molar-refractivity contribution in [3.05, 3.63) is 39.0 Å². The van der Waals surface area contributed by atoms with E-state index in [1.165, 1.54) is 27.7 Å². The molecule has 1 aliphatic rings. The number of rotatable bonds is 3. The van der Waals surface area contributed by atoms with Gasteiger partial charge in [-0.1, -0.05) is 24.6 Å². The van der Waals surface area contributed by atoms with Crippen LogP contribution in [0.4, 0.5) is 5.69 Å². The zero-order valence-electron chi connectivity index (χ0n) is 11.5. The maximum Gasteiger partial charge on any atom is 0.0351 e. The molecule has 18 heavy (non-hydrogen) atoms. The fourth-order valence-electron chi connectivity index (χ4n) is 2.81. The molecule has 1 aliphatic carbocycles. The van der Waals surface area contributed by atoms with Crippen LogP contribution < -0.4 is 5.32 Å². The Morgan fingerprint density at radius 3 is 2.78 bits per heavy atom. The zero-order valence-corrected chi connectivity index (χ0v) is 13.6. The number of nitrogens with one attached hydrogen (secondary N) is 1. The first-order chi connectivity index (χ1) is 8.54. The summed E-state index contributed by atoms with van der Waals surface area (Å²) in [6.45, 7) is 7.83. The maximum absolute atomic E-state index is 3.59. The van der Waals surface area contributed by atoms with Crippen LogP contribution in [0.25, 0.3) is 0 Å². The van der Waals surface area contributed by atoms with Crippen molar-refractivity contribution >= 4 is 28.3 Å². The third kappa shape index (κ3) is 3.74. The van der Waals surface area contributed by atoms with E-state index in [2.05, 4.69) is 73.0 Å². The van der Waals surface area contributed by atoms with Crippen molar-refractivity contribution in [1.29, 1.82) is 0 Å². The van der Waals surface area contributed by atoms with Gasteiger partial charge in [0.25, 0.3) is 0 Å². The van der Waals surface area contributed by atoms with Crippen LogP contribution in [0.15, 0.2) is 29.8 Å². The van der Waals surface area contributed by atoms with Crippen LogP contribution in [-0.4, -0.2) is 6.54 Å². The number of hydrogen-bond acceptors (Lipinski definition) is 1. The lowest BCUT2D eigenvalue weighted by atomic mass is 9.84. The number of hydrogen-bond donors (Lipinski definition) is 1. The van der Waals surface area contributed by atoms with Crippen molar-refractivity contribution in [3.8, 4) is 0 Å². The van der Waals surface area contributed by atoms with Gasteiger partial charge in [-0.2, -0.15) is 0 Å². The van der Waals surface area contributed by atoms with Crippen LogP contribution in [0.2, 0.25) is 0 Å². The average molecular weight is 355 g/mol. The Balaban J connectivity index is 1.92. The van der Waals surface area contributed by atoms with E-state index in [4.69, 9.17) is 0 Å². The molecule has 2 unspecified atom stereocenters. The largest absolute Gasteiger partial charge is 0.385 e. The Kier molecular flexibility index (Phi) is 4.71. The second kappa shape index (κ2) is 6.09. The van der Waals surface area contributed by atoms with Gasteiger partial charge in [-0.3, -0.25) is 0 Å². The summed E-state index contributed by atoms with van der Waals surface area (Å²) in [6, 6.07) is 6.62. The summed E-state index contributed by atoms with van der Waals surface area (Å²) in [7, 11) is 0. The quantitative estimate of drug-likeness (QED) is 0.594. The lowest BCUT2D eigenvalue weighted by Gasteiger charge is -2.26.